The van der Waals surface area contributed by atoms with Crippen LogP contribution in [0.2, 0.25) is 15.2 Å². The lowest BCUT2D eigenvalue weighted by atomic mass is 10.2. The van der Waals surface area contributed by atoms with Gasteiger partial charge in [0.1, 0.15) is 5.15 Å². The molecule has 0 aliphatic carbocycles. The van der Waals surface area contributed by atoms with Gasteiger partial charge in [-0.1, -0.05) is 40.9 Å². The van der Waals surface area contributed by atoms with Gasteiger partial charge in [0.2, 0.25) is 5.96 Å². The highest BCUT2D eigenvalue weighted by Gasteiger charge is 2.13. The van der Waals surface area contributed by atoms with E-state index in [2.05, 4.69) is 15.3 Å². The third-order valence-electron chi connectivity index (χ3n) is 2.80. The first kappa shape index (κ1) is 16.6. The number of halogens is 3. The highest BCUT2D eigenvalue weighted by atomic mass is 35.5. The van der Waals surface area contributed by atoms with Crippen LogP contribution in [0.4, 0.5) is 0 Å². The molecule has 9 heteroatoms. The van der Waals surface area contributed by atoms with Crippen molar-refractivity contribution in [1.29, 1.82) is 0 Å². The zero-order valence-corrected chi connectivity index (χ0v) is 13.9. The zero-order valence-electron chi connectivity index (χ0n) is 11.6. The average molecular weight is 360 g/mol. The predicted molar refractivity (Wildman–Crippen MR) is 90.9 cm³/mol. The van der Waals surface area contributed by atoms with Gasteiger partial charge in [0.15, 0.2) is 0 Å². The largest absolute Gasteiger partial charge is 0.369 e. The molecule has 2 rings (SSSR count). The van der Waals surface area contributed by atoms with Gasteiger partial charge >= 0.3 is 0 Å². The molecule has 6 nitrogen and oxygen atoms in total. The van der Waals surface area contributed by atoms with Gasteiger partial charge in [-0.15, -0.1) is 5.10 Å². The summed E-state index contributed by atoms with van der Waals surface area (Å²) in [4.78, 5) is 0. The van der Waals surface area contributed by atoms with Gasteiger partial charge < -0.3 is 11.5 Å². The van der Waals surface area contributed by atoms with E-state index in [1.54, 1.807) is 16.8 Å². The van der Waals surface area contributed by atoms with Gasteiger partial charge in [0.05, 0.1) is 24.0 Å². The molecule has 0 bridgehead atoms. The summed E-state index contributed by atoms with van der Waals surface area (Å²) in [6, 6.07) is 5.25. The van der Waals surface area contributed by atoms with Crippen molar-refractivity contribution in [3.05, 3.63) is 50.2 Å². The number of nitrogens with two attached hydrogens (primary N) is 2. The Kier molecular flexibility index (Phi) is 5.28. The van der Waals surface area contributed by atoms with Crippen molar-refractivity contribution in [3.63, 3.8) is 0 Å². The monoisotopic (exact) mass is 358 g/mol. The molecule has 1 heterocycles. The molecule has 116 valence electrons. The molecular formula is C13H13Cl3N6. The lowest BCUT2D eigenvalue weighted by Gasteiger charge is -2.06. The topological polar surface area (TPSA) is 94.6 Å². The Morgan fingerprint density at radius 1 is 1.32 bits per heavy atom. The van der Waals surface area contributed by atoms with Gasteiger partial charge in [-0.2, -0.15) is 10.2 Å². The van der Waals surface area contributed by atoms with Crippen molar-refractivity contribution in [2.45, 2.75) is 13.5 Å². The number of hydrogen-bond donors (Lipinski definition) is 2. The van der Waals surface area contributed by atoms with Crippen molar-refractivity contribution < 1.29 is 0 Å². The number of hydrogen-bond acceptors (Lipinski definition) is 3. The molecule has 0 unspecified atom stereocenters. The summed E-state index contributed by atoms with van der Waals surface area (Å²) in [5, 5.41) is 13.2. The molecule has 1 aromatic heterocycles. The van der Waals surface area contributed by atoms with Crippen LogP contribution in [0, 0.1) is 6.92 Å². The van der Waals surface area contributed by atoms with Crippen LogP contribution in [0.1, 0.15) is 16.8 Å². The number of guanidine groups is 1. The minimum atomic E-state index is -0.134. The Morgan fingerprint density at radius 2 is 2.05 bits per heavy atom. The van der Waals surface area contributed by atoms with Crippen molar-refractivity contribution >= 4 is 47.0 Å². The maximum absolute atomic E-state index is 6.31. The number of aryl methyl sites for hydroxylation is 1. The highest BCUT2D eigenvalue weighted by Crippen LogP contribution is 2.24. The van der Waals surface area contributed by atoms with E-state index in [9.17, 15) is 0 Å². The molecule has 0 fully saturated rings. The van der Waals surface area contributed by atoms with Gasteiger partial charge in [-0.05, 0) is 24.6 Å². The van der Waals surface area contributed by atoms with Crippen LogP contribution in [0.15, 0.2) is 28.4 Å². The van der Waals surface area contributed by atoms with E-state index in [4.69, 9.17) is 46.3 Å². The lowest BCUT2D eigenvalue weighted by molar-refractivity contribution is 0.680. The Morgan fingerprint density at radius 3 is 2.68 bits per heavy atom. The van der Waals surface area contributed by atoms with Gasteiger partial charge in [0, 0.05) is 10.0 Å². The zero-order chi connectivity index (χ0) is 16.3. The molecule has 0 amide bonds. The number of aromatic nitrogens is 2. The second-order valence-corrected chi connectivity index (χ2v) is 5.65. The molecule has 4 N–H and O–H groups in total. The van der Waals surface area contributed by atoms with E-state index in [1.807, 2.05) is 13.0 Å². The van der Waals surface area contributed by atoms with Gasteiger partial charge in [-0.25, -0.2) is 4.68 Å². The Bertz CT molecular complexity index is 746. The number of nitrogens with zero attached hydrogens (tertiary/aromatic N) is 4. The van der Waals surface area contributed by atoms with Crippen molar-refractivity contribution in [3.8, 4) is 0 Å². The highest BCUT2D eigenvalue weighted by molar-refractivity contribution is 6.35. The normalized spacial score (nSPS) is 11.1. The Labute approximate surface area is 142 Å². The summed E-state index contributed by atoms with van der Waals surface area (Å²) < 4.78 is 1.61. The summed E-state index contributed by atoms with van der Waals surface area (Å²) in [5.41, 5.74) is 12.6. The fourth-order valence-corrected chi connectivity index (χ4v) is 2.53. The minimum Gasteiger partial charge on any atom is -0.369 e. The summed E-state index contributed by atoms with van der Waals surface area (Å²) in [5.74, 6) is -0.134. The second-order valence-electron chi connectivity index (χ2n) is 4.45. The molecule has 0 radical (unpaired) electrons. The van der Waals surface area contributed by atoms with Crippen LogP contribution in [0.5, 0.6) is 0 Å². The third-order valence-corrected chi connectivity index (χ3v) is 3.79. The first-order valence-electron chi connectivity index (χ1n) is 6.17. The summed E-state index contributed by atoms with van der Waals surface area (Å²) in [6.07, 6.45) is 1.45. The van der Waals surface area contributed by atoms with Crippen LogP contribution in [0.25, 0.3) is 0 Å². The lowest BCUT2D eigenvalue weighted by Crippen LogP contribution is -2.21. The molecule has 2 aromatic rings. The standard InChI is InChI=1S/C13H13Cl3N6/c1-7-10(5-19-20-13(17)18)12(16)22(21-7)6-8-2-3-9(14)4-11(8)15/h2-5H,6H2,1H3,(H4,17,18,20). The van der Waals surface area contributed by atoms with Crippen LogP contribution in [-0.2, 0) is 6.54 Å². The minimum absolute atomic E-state index is 0.134. The van der Waals surface area contributed by atoms with Crippen molar-refractivity contribution in [2.24, 2.45) is 21.7 Å². The summed E-state index contributed by atoms with van der Waals surface area (Å²) >= 11 is 18.3. The maximum atomic E-state index is 6.31. The molecule has 1 aromatic carbocycles. The Hall–Kier alpha value is -1.76. The molecule has 0 atom stereocenters. The molecule has 0 aliphatic rings. The second kappa shape index (κ2) is 7.00. The summed E-state index contributed by atoms with van der Waals surface area (Å²) in [6.45, 7) is 2.22. The number of rotatable bonds is 4. The molecule has 0 saturated heterocycles. The molecular weight excluding hydrogens is 347 g/mol. The van der Waals surface area contributed by atoms with Crippen molar-refractivity contribution in [1.82, 2.24) is 9.78 Å². The third kappa shape index (κ3) is 3.91. The van der Waals surface area contributed by atoms with E-state index in [1.165, 1.54) is 6.21 Å². The smallest absolute Gasteiger partial charge is 0.211 e. The Balaban J connectivity index is 2.30. The molecule has 22 heavy (non-hydrogen) atoms. The number of benzene rings is 1. The maximum Gasteiger partial charge on any atom is 0.211 e. The first-order valence-corrected chi connectivity index (χ1v) is 7.30. The van der Waals surface area contributed by atoms with Crippen LogP contribution >= 0.6 is 34.8 Å². The average Bonchev–Trinajstić information content (AvgIpc) is 2.69. The fourth-order valence-electron chi connectivity index (χ4n) is 1.78. The van der Waals surface area contributed by atoms with Crippen LogP contribution in [-0.4, -0.2) is 22.0 Å². The van der Waals surface area contributed by atoms with E-state index in [0.29, 0.717) is 33.0 Å². The quantitative estimate of drug-likeness (QED) is 0.499. The van der Waals surface area contributed by atoms with Gasteiger partial charge in [0.25, 0.3) is 0 Å². The van der Waals surface area contributed by atoms with E-state index in [0.717, 1.165) is 5.56 Å². The van der Waals surface area contributed by atoms with Crippen LogP contribution in [0.3, 0.4) is 0 Å². The fraction of sp³-hybridized carbons (Fsp3) is 0.154. The molecule has 0 saturated carbocycles. The van der Waals surface area contributed by atoms with Gasteiger partial charge in [-0.3, -0.25) is 0 Å². The summed E-state index contributed by atoms with van der Waals surface area (Å²) in [7, 11) is 0. The molecule has 0 spiro atoms. The SMILES string of the molecule is Cc1nn(Cc2ccc(Cl)cc2Cl)c(Cl)c1C=NN=C(N)N. The van der Waals surface area contributed by atoms with E-state index >= 15 is 0 Å². The first-order chi connectivity index (χ1) is 10.4. The predicted octanol–water partition coefficient (Wildman–Crippen LogP) is 2.81. The van der Waals surface area contributed by atoms with Crippen LogP contribution < -0.4 is 11.5 Å². The van der Waals surface area contributed by atoms with E-state index in [-0.39, 0.29) is 5.96 Å². The molecule has 0 aliphatic heterocycles. The van der Waals surface area contributed by atoms with E-state index < -0.39 is 0 Å². The van der Waals surface area contributed by atoms with Crippen molar-refractivity contribution in [2.75, 3.05) is 0 Å².